The van der Waals surface area contributed by atoms with E-state index in [4.69, 9.17) is 5.73 Å². The molecule has 1 saturated carbocycles. The van der Waals surface area contributed by atoms with Crippen molar-refractivity contribution in [3.63, 3.8) is 0 Å². The van der Waals surface area contributed by atoms with Crippen molar-refractivity contribution < 1.29 is 4.79 Å². The SMILES string of the molecule is NC1CCN(CC(=O)N2CCCC3CCCCC32)C1. The maximum atomic E-state index is 12.6. The summed E-state index contributed by atoms with van der Waals surface area (Å²) in [7, 11) is 0. The zero-order chi connectivity index (χ0) is 13.2. The molecular weight excluding hydrogens is 238 g/mol. The van der Waals surface area contributed by atoms with E-state index in [0.29, 0.717) is 18.5 Å². The minimum atomic E-state index is 0.275. The van der Waals surface area contributed by atoms with Crippen LogP contribution in [0.3, 0.4) is 0 Å². The molecule has 2 N–H and O–H groups in total. The molecule has 3 aliphatic rings. The first-order valence-corrected chi connectivity index (χ1v) is 8.01. The summed E-state index contributed by atoms with van der Waals surface area (Å²) in [6.07, 6.45) is 8.82. The minimum Gasteiger partial charge on any atom is -0.338 e. The summed E-state index contributed by atoms with van der Waals surface area (Å²) in [6, 6.07) is 0.822. The molecule has 0 aromatic rings. The molecule has 4 nitrogen and oxygen atoms in total. The van der Waals surface area contributed by atoms with E-state index in [1.165, 1.54) is 38.5 Å². The van der Waals surface area contributed by atoms with Crippen LogP contribution in [0, 0.1) is 5.92 Å². The van der Waals surface area contributed by atoms with Gasteiger partial charge in [0.2, 0.25) is 5.91 Å². The van der Waals surface area contributed by atoms with Crippen molar-refractivity contribution >= 4 is 5.91 Å². The summed E-state index contributed by atoms with van der Waals surface area (Å²) in [5.74, 6) is 1.14. The molecule has 3 rings (SSSR count). The molecule has 108 valence electrons. The van der Waals surface area contributed by atoms with E-state index in [9.17, 15) is 4.79 Å². The van der Waals surface area contributed by atoms with E-state index in [2.05, 4.69) is 9.80 Å². The molecule has 2 saturated heterocycles. The second kappa shape index (κ2) is 5.80. The van der Waals surface area contributed by atoms with Gasteiger partial charge in [0, 0.05) is 31.7 Å². The molecule has 0 bridgehead atoms. The van der Waals surface area contributed by atoms with Crippen molar-refractivity contribution in [2.75, 3.05) is 26.2 Å². The number of carbonyl (C=O) groups excluding carboxylic acids is 1. The van der Waals surface area contributed by atoms with E-state index in [1.807, 2.05) is 0 Å². The van der Waals surface area contributed by atoms with Crippen molar-refractivity contribution in [1.82, 2.24) is 9.80 Å². The number of hydrogen-bond acceptors (Lipinski definition) is 3. The zero-order valence-corrected chi connectivity index (χ0v) is 11.9. The van der Waals surface area contributed by atoms with Gasteiger partial charge < -0.3 is 10.6 Å². The Bertz CT molecular complexity index is 331. The highest BCUT2D eigenvalue weighted by Crippen LogP contribution is 2.35. The van der Waals surface area contributed by atoms with E-state index in [1.54, 1.807) is 0 Å². The van der Waals surface area contributed by atoms with Crippen LogP contribution in [0.4, 0.5) is 0 Å². The second-order valence-corrected chi connectivity index (χ2v) is 6.63. The average molecular weight is 265 g/mol. The van der Waals surface area contributed by atoms with Gasteiger partial charge in [0.05, 0.1) is 6.54 Å². The molecule has 19 heavy (non-hydrogen) atoms. The molecule has 0 aromatic carbocycles. The number of likely N-dealkylation sites (tertiary alicyclic amines) is 2. The van der Waals surface area contributed by atoms with Crippen LogP contribution in [0.1, 0.15) is 44.9 Å². The Morgan fingerprint density at radius 1 is 1.05 bits per heavy atom. The molecule has 1 aliphatic carbocycles. The fourth-order valence-electron chi connectivity index (χ4n) is 4.22. The Kier molecular flexibility index (Phi) is 4.08. The van der Waals surface area contributed by atoms with Crippen LogP contribution in [0.15, 0.2) is 0 Å². The third kappa shape index (κ3) is 2.95. The predicted octanol–water partition coefficient (Wildman–Crippen LogP) is 1.20. The molecular formula is C15H27N3O. The van der Waals surface area contributed by atoms with Gasteiger partial charge >= 0.3 is 0 Å². The van der Waals surface area contributed by atoms with Crippen molar-refractivity contribution in [3.8, 4) is 0 Å². The fourth-order valence-corrected chi connectivity index (χ4v) is 4.22. The summed E-state index contributed by atoms with van der Waals surface area (Å²) in [5.41, 5.74) is 5.92. The lowest BCUT2D eigenvalue weighted by atomic mass is 9.78. The number of rotatable bonds is 2. The molecule has 4 heteroatoms. The Morgan fingerprint density at radius 2 is 1.84 bits per heavy atom. The Labute approximate surface area is 116 Å². The molecule has 3 fully saturated rings. The molecule has 3 atom stereocenters. The molecule has 0 aromatic heterocycles. The molecule has 0 spiro atoms. The third-order valence-corrected chi connectivity index (χ3v) is 5.23. The predicted molar refractivity (Wildman–Crippen MR) is 75.7 cm³/mol. The van der Waals surface area contributed by atoms with Crippen LogP contribution in [0.2, 0.25) is 0 Å². The molecule has 0 radical (unpaired) electrons. The van der Waals surface area contributed by atoms with Gasteiger partial charge in [-0.25, -0.2) is 0 Å². The number of hydrogen-bond donors (Lipinski definition) is 1. The van der Waals surface area contributed by atoms with Gasteiger partial charge in [0.25, 0.3) is 0 Å². The number of fused-ring (bicyclic) bond motifs is 1. The van der Waals surface area contributed by atoms with Crippen LogP contribution >= 0.6 is 0 Å². The lowest BCUT2D eigenvalue weighted by Crippen LogP contribution is -2.52. The smallest absolute Gasteiger partial charge is 0.237 e. The highest BCUT2D eigenvalue weighted by Gasteiger charge is 2.36. The van der Waals surface area contributed by atoms with Crippen molar-refractivity contribution in [2.45, 2.75) is 57.0 Å². The maximum Gasteiger partial charge on any atom is 0.237 e. The number of carbonyl (C=O) groups is 1. The van der Waals surface area contributed by atoms with Crippen LogP contribution in [0.25, 0.3) is 0 Å². The summed E-state index contributed by atoms with van der Waals surface area (Å²) in [6.45, 7) is 3.47. The van der Waals surface area contributed by atoms with E-state index in [0.717, 1.165) is 32.0 Å². The molecule has 2 aliphatic heterocycles. The monoisotopic (exact) mass is 265 g/mol. The van der Waals surface area contributed by atoms with Gasteiger partial charge in [-0.05, 0) is 38.0 Å². The first-order chi connectivity index (χ1) is 9.24. The Balaban J connectivity index is 1.58. The van der Waals surface area contributed by atoms with Gasteiger partial charge in [-0.3, -0.25) is 9.69 Å². The van der Waals surface area contributed by atoms with Gasteiger partial charge in [-0.1, -0.05) is 12.8 Å². The molecule has 3 unspecified atom stereocenters. The highest BCUT2D eigenvalue weighted by atomic mass is 16.2. The average Bonchev–Trinajstić information content (AvgIpc) is 2.83. The van der Waals surface area contributed by atoms with Crippen molar-refractivity contribution in [3.05, 3.63) is 0 Å². The second-order valence-electron chi connectivity index (χ2n) is 6.63. The summed E-state index contributed by atoms with van der Waals surface area (Å²) >= 11 is 0. The van der Waals surface area contributed by atoms with E-state index in [-0.39, 0.29) is 6.04 Å². The Morgan fingerprint density at radius 3 is 2.63 bits per heavy atom. The third-order valence-electron chi connectivity index (χ3n) is 5.23. The lowest BCUT2D eigenvalue weighted by Gasteiger charge is -2.44. The summed E-state index contributed by atoms with van der Waals surface area (Å²) < 4.78 is 0. The largest absolute Gasteiger partial charge is 0.338 e. The van der Waals surface area contributed by atoms with Crippen LogP contribution < -0.4 is 5.73 Å². The van der Waals surface area contributed by atoms with Gasteiger partial charge in [0.15, 0.2) is 0 Å². The Hall–Kier alpha value is -0.610. The zero-order valence-electron chi connectivity index (χ0n) is 11.9. The molecule has 2 heterocycles. The lowest BCUT2D eigenvalue weighted by molar-refractivity contribution is -0.138. The maximum absolute atomic E-state index is 12.6. The summed E-state index contributed by atoms with van der Waals surface area (Å²) in [4.78, 5) is 17.0. The standard InChI is InChI=1S/C15H27N3O/c16-13-7-9-17(10-13)11-15(19)18-8-3-5-12-4-1-2-6-14(12)18/h12-14H,1-11,16H2. The topological polar surface area (TPSA) is 49.6 Å². The quantitative estimate of drug-likeness (QED) is 0.816. The fraction of sp³-hybridized carbons (Fsp3) is 0.933. The van der Waals surface area contributed by atoms with E-state index >= 15 is 0 Å². The van der Waals surface area contributed by atoms with Gasteiger partial charge in [-0.15, -0.1) is 0 Å². The van der Waals surface area contributed by atoms with Gasteiger partial charge in [-0.2, -0.15) is 0 Å². The molecule has 1 amide bonds. The summed E-state index contributed by atoms with van der Waals surface area (Å²) in [5, 5.41) is 0. The first kappa shape index (κ1) is 13.4. The number of amides is 1. The van der Waals surface area contributed by atoms with Gasteiger partial charge in [0.1, 0.15) is 0 Å². The normalized spacial score (nSPS) is 36.3. The van der Waals surface area contributed by atoms with Crippen molar-refractivity contribution in [2.24, 2.45) is 11.7 Å². The van der Waals surface area contributed by atoms with Crippen molar-refractivity contribution in [1.29, 1.82) is 0 Å². The number of nitrogens with two attached hydrogens (primary N) is 1. The number of nitrogens with zero attached hydrogens (tertiary/aromatic N) is 2. The van der Waals surface area contributed by atoms with Crippen LogP contribution in [-0.2, 0) is 4.79 Å². The van der Waals surface area contributed by atoms with Crippen LogP contribution in [-0.4, -0.2) is 54.0 Å². The first-order valence-electron chi connectivity index (χ1n) is 8.01. The van der Waals surface area contributed by atoms with Crippen LogP contribution in [0.5, 0.6) is 0 Å². The number of piperidine rings is 1. The highest BCUT2D eigenvalue weighted by molar-refractivity contribution is 5.78. The van der Waals surface area contributed by atoms with E-state index < -0.39 is 0 Å². The minimum absolute atomic E-state index is 0.275.